The van der Waals surface area contributed by atoms with Gasteiger partial charge in [-0.15, -0.1) is 0 Å². The largest absolute Gasteiger partial charge is 0.497 e. The number of halogens is 1. The average molecular weight is 505 g/mol. The van der Waals surface area contributed by atoms with Crippen LogP contribution >= 0.6 is 0 Å². The Morgan fingerprint density at radius 1 is 0.919 bits per heavy atom. The van der Waals surface area contributed by atoms with E-state index in [4.69, 9.17) is 14.2 Å². The van der Waals surface area contributed by atoms with Gasteiger partial charge in [0.15, 0.2) is 0 Å². The summed E-state index contributed by atoms with van der Waals surface area (Å²) in [5.74, 6) is 0.725. The monoisotopic (exact) mass is 504 g/mol. The van der Waals surface area contributed by atoms with Crippen molar-refractivity contribution < 1.29 is 23.4 Å². The molecular formula is C32H37FO4. The first-order chi connectivity index (χ1) is 17.5. The summed E-state index contributed by atoms with van der Waals surface area (Å²) < 4.78 is 31.2. The Hall–Kier alpha value is -3.60. The van der Waals surface area contributed by atoms with Crippen molar-refractivity contribution in [1.82, 2.24) is 0 Å². The van der Waals surface area contributed by atoms with Crippen LogP contribution in [0.3, 0.4) is 0 Å². The molecule has 3 aromatic rings. The van der Waals surface area contributed by atoms with Gasteiger partial charge in [0.1, 0.15) is 23.9 Å². The van der Waals surface area contributed by atoms with E-state index >= 15 is 0 Å². The Kier molecular flexibility index (Phi) is 9.14. The highest BCUT2D eigenvalue weighted by molar-refractivity contribution is 5.72. The van der Waals surface area contributed by atoms with Gasteiger partial charge in [-0.25, -0.2) is 4.39 Å². The molecule has 3 rings (SSSR count). The molecule has 0 bridgehead atoms. The van der Waals surface area contributed by atoms with Gasteiger partial charge in [0.2, 0.25) is 0 Å². The number of methoxy groups -OCH3 is 2. The lowest BCUT2D eigenvalue weighted by Crippen LogP contribution is -2.13. The highest BCUT2D eigenvalue weighted by Gasteiger charge is 2.21. The van der Waals surface area contributed by atoms with E-state index in [1.807, 2.05) is 56.3 Å². The van der Waals surface area contributed by atoms with E-state index in [1.165, 1.54) is 13.2 Å². The third kappa shape index (κ3) is 7.45. The second kappa shape index (κ2) is 12.1. The summed E-state index contributed by atoms with van der Waals surface area (Å²) in [4.78, 5) is 11.9. The molecule has 5 heteroatoms. The van der Waals surface area contributed by atoms with Gasteiger partial charge in [0, 0.05) is 11.5 Å². The van der Waals surface area contributed by atoms with Crippen LogP contribution in [0.2, 0.25) is 0 Å². The first kappa shape index (κ1) is 28.0. The molecular weight excluding hydrogens is 467 g/mol. The maximum Gasteiger partial charge on any atom is 0.306 e. The zero-order chi connectivity index (χ0) is 27.2. The number of ether oxygens (including phenoxy) is 3. The SMILES string of the molecule is COC(=O)C[C@H](C=C(C)C)c1ccc(OCc2ccc(C(C)(C)C)c(-c3cc(OC)ccc3F)c2)cc1. The van der Waals surface area contributed by atoms with Crippen LogP contribution in [0, 0.1) is 5.82 Å². The van der Waals surface area contributed by atoms with Gasteiger partial charge in [-0.05, 0) is 77.9 Å². The predicted octanol–water partition coefficient (Wildman–Crippen LogP) is 7.99. The standard InChI is InChI=1S/C32H37FO4/c1-21(2)16-24(18-31(34)36-7)23-9-11-25(12-10-23)37-20-22-8-14-29(32(3,4)5)27(17-22)28-19-26(35-6)13-15-30(28)33/h8-17,19,24H,18,20H2,1-7H3/t24-/m0/s1. The van der Waals surface area contributed by atoms with Gasteiger partial charge < -0.3 is 14.2 Å². The molecule has 3 aromatic carbocycles. The second-order valence-electron chi connectivity index (χ2n) is 10.5. The fourth-order valence-corrected chi connectivity index (χ4v) is 4.31. The zero-order valence-electron chi connectivity index (χ0n) is 22.9. The molecule has 4 nitrogen and oxygen atoms in total. The lowest BCUT2D eigenvalue weighted by Gasteiger charge is -2.24. The van der Waals surface area contributed by atoms with Gasteiger partial charge in [-0.1, -0.05) is 56.7 Å². The summed E-state index contributed by atoms with van der Waals surface area (Å²) in [5.41, 5.74) is 5.29. The van der Waals surface area contributed by atoms with Gasteiger partial charge in [-0.3, -0.25) is 4.79 Å². The van der Waals surface area contributed by atoms with E-state index in [-0.39, 0.29) is 29.5 Å². The van der Waals surface area contributed by atoms with E-state index in [9.17, 15) is 9.18 Å². The minimum absolute atomic E-state index is 0.0586. The number of allylic oxidation sites excluding steroid dienone is 2. The molecule has 0 spiro atoms. The number of benzene rings is 3. The van der Waals surface area contributed by atoms with Crippen molar-refractivity contribution in [3.63, 3.8) is 0 Å². The number of hydrogen-bond acceptors (Lipinski definition) is 4. The molecule has 1 atom stereocenters. The molecule has 0 aromatic heterocycles. The van der Waals surface area contributed by atoms with Gasteiger partial charge in [0.05, 0.1) is 20.6 Å². The minimum Gasteiger partial charge on any atom is -0.497 e. The Morgan fingerprint density at radius 3 is 2.19 bits per heavy atom. The summed E-state index contributed by atoms with van der Waals surface area (Å²) in [5, 5.41) is 0. The molecule has 0 saturated carbocycles. The summed E-state index contributed by atoms with van der Waals surface area (Å²) in [7, 11) is 2.98. The summed E-state index contributed by atoms with van der Waals surface area (Å²) in [6.07, 6.45) is 2.36. The zero-order valence-corrected chi connectivity index (χ0v) is 22.9. The molecule has 0 heterocycles. The van der Waals surface area contributed by atoms with Crippen molar-refractivity contribution in [2.75, 3.05) is 14.2 Å². The Labute approximate surface area is 220 Å². The van der Waals surface area contributed by atoms with E-state index in [0.717, 1.165) is 27.8 Å². The molecule has 0 aliphatic heterocycles. The first-order valence-electron chi connectivity index (χ1n) is 12.4. The van der Waals surface area contributed by atoms with E-state index < -0.39 is 0 Å². The van der Waals surface area contributed by atoms with Crippen LogP contribution in [0.1, 0.15) is 63.6 Å². The van der Waals surface area contributed by atoms with Crippen molar-refractivity contribution in [1.29, 1.82) is 0 Å². The summed E-state index contributed by atoms with van der Waals surface area (Å²) >= 11 is 0. The molecule has 0 aliphatic rings. The van der Waals surface area contributed by atoms with Crippen LogP contribution in [-0.4, -0.2) is 20.2 Å². The lowest BCUT2D eigenvalue weighted by molar-refractivity contribution is -0.140. The van der Waals surface area contributed by atoms with Crippen molar-refractivity contribution in [2.45, 2.75) is 59.0 Å². The number of hydrogen-bond donors (Lipinski definition) is 0. The maximum absolute atomic E-state index is 14.9. The van der Waals surface area contributed by atoms with Gasteiger partial charge in [-0.2, -0.15) is 0 Å². The maximum atomic E-state index is 14.9. The quantitative estimate of drug-likeness (QED) is 0.219. The number of esters is 1. The fourth-order valence-electron chi connectivity index (χ4n) is 4.31. The first-order valence-corrected chi connectivity index (χ1v) is 12.4. The van der Waals surface area contributed by atoms with Crippen molar-refractivity contribution in [3.05, 3.63) is 94.8 Å². The van der Waals surface area contributed by atoms with E-state index in [0.29, 0.717) is 23.7 Å². The Bertz CT molecular complexity index is 1250. The fraction of sp³-hybridized carbons (Fsp3) is 0.344. The molecule has 196 valence electrons. The summed E-state index contributed by atoms with van der Waals surface area (Å²) in [6.45, 7) is 10.7. The number of carbonyl (C=O) groups excluding carboxylic acids is 1. The number of carbonyl (C=O) groups is 1. The highest BCUT2D eigenvalue weighted by atomic mass is 19.1. The van der Waals surface area contributed by atoms with Crippen LogP contribution < -0.4 is 9.47 Å². The minimum atomic E-state index is -0.294. The third-order valence-electron chi connectivity index (χ3n) is 6.22. The highest BCUT2D eigenvalue weighted by Crippen LogP contribution is 2.37. The summed E-state index contributed by atoms with van der Waals surface area (Å²) in [6, 6.07) is 18.6. The third-order valence-corrected chi connectivity index (χ3v) is 6.22. The van der Waals surface area contributed by atoms with Crippen LogP contribution in [-0.2, 0) is 21.6 Å². The lowest BCUT2D eigenvalue weighted by atomic mass is 9.81. The van der Waals surface area contributed by atoms with Crippen molar-refractivity contribution in [3.8, 4) is 22.6 Å². The predicted molar refractivity (Wildman–Crippen MR) is 147 cm³/mol. The normalized spacial score (nSPS) is 12.0. The topological polar surface area (TPSA) is 44.8 Å². The van der Waals surface area contributed by atoms with Gasteiger partial charge in [0.25, 0.3) is 0 Å². The van der Waals surface area contributed by atoms with Crippen molar-refractivity contribution >= 4 is 5.97 Å². The molecule has 0 saturated heterocycles. The van der Waals surface area contributed by atoms with Gasteiger partial charge >= 0.3 is 5.97 Å². The average Bonchev–Trinajstić information content (AvgIpc) is 2.86. The smallest absolute Gasteiger partial charge is 0.306 e. The number of rotatable bonds is 9. The van der Waals surface area contributed by atoms with Crippen LogP contribution in [0.25, 0.3) is 11.1 Å². The molecule has 37 heavy (non-hydrogen) atoms. The molecule has 0 N–H and O–H groups in total. The van der Waals surface area contributed by atoms with Crippen molar-refractivity contribution in [2.24, 2.45) is 0 Å². The molecule has 0 radical (unpaired) electrons. The van der Waals surface area contributed by atoms with Crippen LogP contribution in [0.15, 0.2) is 72.3 Å². The molecule has 0 fully saturated rings. The Morgan fingerprint density at radius 2 is 1.59 bits per heavy atom. The molecule has 0 aliphatic carbocycles. The molecule has 0 unspecified atom stereocenters. The van der Waals surface area contributed by atoms with Crippen LogP contribution in [0.4, 0.5) is 4.39 Å². The second-order valence-corrected chi connectivity index (χ2v) is 10.5. The molecule has 0 amide bonds. The van der Waals surface area contributed by atoms with E-state index in [1.54, 1.807) is 19.2 Å². The Balaban J connectivity index is 1.85. The van der Waals surface area contributed by atoms with Crippen LogP contribution in [0.5, 0.6) is 11.5 Å². The van der Waals surface area contributed by atoms with E-state index in [2.05, 4.69) is 26.8 Å².